The van der Waals surface area contributed by atoms with E-state index in [1.165, 1.54) is 0 Å². The third-order valence-corrected chi connectivity index (χ3v) is 4.57. The molecule has 1 amide bonds. The second-order valence-corrected chi connectivity index (χ2v) is 6.43. The Kier molecular flexibility index (Phi) is 5.29. The van der Waals surface area contributed by atoms with Gasteiger partial charge in [-0.2, -0.15) is 0 Å². The van der Waals surface area contributed by atoms with Crippen molar-refractivity contribution in [2.24, 2.45) is 5.92 Å². The van der Waals surface area contributed by atoms with Gasteiger partial charge in [0.1, 0.15) is 5.75 Å². The lowest BCUT2D eigenvalue weighted by Gasteiger charge is -2.37. The molecule has 1 heterocycles. The minimum atomic E-state index is -0.832. The van der Waals surface area contributed by atoms with Crippen LogP contribution in [0.15, 0.2) is 12.1 Å². The molecule has 0 aliphatic carbocycles. The molecule has 1 N–H and O–H groups in total. The predicted octanol–water partition coefficient (Wildman–Crippen LogP) is 2.70. The molecule has 1 fully saturated rings. The zero-order chi connectivity index (χ0) is 17.1. The van der Waals surface area contributed by atoms with E-state index in [4.69, 9.17) is 4.74 Å². The van der Waals surface area contributed by atoms with E-state index in [0.717, 1.165) is 28.9 Å². The molecule has 2 atom stereocenters. The van der Waals surface area contributed by atoms with Crippen LogP contribution in [0.3, 0.4) is 0 Å². The van der Waals surface area contributed by atoms with Crippen LogP contribution in [-0.4, -0.2) is 41.1 Å². The fourth-order valence-corrected chi connectivity index (χ4v) is 3.44. The van der Waals surface area contributed by atoms with Gasteiger partial charge in [0.2, 0.25) is 0 Å². The standard InChI is InChI=1S/C18H25NO4/c1-11-8-12(2)17(13(3)9-11)23-10-16(20)19-7-5-6-15(14(19)4)18(21)22/h8-9,14-15H,5-7,10H2,1-4H3,(H,21,22)/t14-,15-/m1/s1. The van der Waals surface area contributed by atoms with E-state index in [1.807, 2.05) is 32.9 Å². The Morgan fingerprint density at radius 1 is 1.26 bits per heavy atom. The van der Waals surface area contributed by atoms with Gasteiger partial charge in [0, 0.05) is 12.6 Å². The molecule has 0 bridgehead atoms. The third-order valence-electron chi connectivity index (χ3n) is 4.57. The monoisotopic (exact) mass is 319 g/mol. The number of hydrogen-bond acceptors (Lipinski definition) is 3. The maximum absolute atomic E-state index is 12.4. The lowest BCUT2D eigenvalue weighted by molar-refractivity contribution is -0.149. The molecule has 1 aromatic carbocycles. The van der Waals surface area contributed by atoms with Crippen molar-refractivity contribution in [3.8, 4) is 5.75 Å². The number of carbonyl (C=O) groups excluding carboxylic acids is 1. The van der Waals surface area contributed by atoms with Gasteiger partial charge >= 0.3 is 5.97 Å². The quantitative estimate of drug-likeness (QED) is 0.926. The first-order valence-electron chi connectivity index (χ1n) is 8.04. The second kappa shape index (κ2) is 7.02. The Bertz CT molecular complexity index is 588. The van der Waals surface area contributed by atoms with E-state index in [0.29, 0.717) is 13.0 Å². The first kappa shape index (κ1) is 17.3. The number of likely N-dealkylation sites (tertiary alicyclic amines) is 1. The normalized spacial score (nSPS) is 21.1. The Morgan fingerprint density at radius 3 is 2.43 bits per heavy atom. The average Bonchev–Trinajstić information content (AvgIpc) is 2.45. The van der Waals surface area contributed by atoms with Gasteiger partial charge in [-0.3, -0.25) is 9.59 Å². The van der Waals surface area contributed by atoms with Crippen LogP contribution < -0.4 is 4.74 Å². The lowest BCUT2D eigenvalue weighted by Crippen LogP contribution is -2.50. The Labute approximate surface area is 137 Å². The molecule has 0 spiro atoms. The highest BCUT2D eigenvalue weighted by atomic mass is 16.5. The number of nitrogens with zero attached hydrogens (tertiary/aromatic N) is 1. The minimum absolute atomic E-state index is 0.0541. The number of carbonyl (C=O) groups is 2. The number of aryl methyl sites for hydroxylation is 3. The third kappa shape index (κ3) is 3.84. The number of amides is 1. The molecule has 0 unspecified atom stereocenters. The van der Waals surface area contributed by atoms with E-state index < -0.39 is 11.9 Å². The van der Waals surface area contributed by atoms with Crippen molar-refractivity contribution in [3.05, 3.63) is 28.8 Å². The summed E-state index contributed by atoms with van der Waals surface area (Å²) < 4.78 is 5.74. The van der Waals surface area contributed by atoms with Crippen LogP contribution >= 0.6 is 0 Å². The van der Waals surface area contributed by atoms with Crippen LogP contribution in [0.4, 0.5) is 0 Å². The summed E-state index contributed by atoms with van der Waals surface area (Å²) in [5, 5.41) is 9.25. The molecule has 1 aliphatic rings. The largest absolute Gasteiger partial charge is 0.483 e. The topological polar surface area (TPSA) is 66.8 Å². The summed E-state index contributed by atoms with van der Waals surface area (Å²) >= 11 is 0. The first-order chi connectivity index (χ1) is 10.8. The fraction of sp³-hybridized carbons (Fsp3) is 0.556. The molecule has 0 saturated carbocycles. The fourth-order valence-electron chi connectivity index (χ4n) is 3.44. The van der Waals surface area contributed by atoms with E-state index in [2.05, 4.69) is 0 Å². The number of piperidine rings is 1. The summed E-state index contributed by atoms with van der Waals surface area (Å²) in [5.74, 6) is -0.733. The summed E-state index contributed by atoms with van der Waals surface area (Å²) in [5.41, 5.74) is 3.17. The van der Waals surface area contributed by atoms with Crippen molar-refractivity contribution in [2.45, 2.75) is 46.6 Å². The number of benzene rings is 1. The van der Waals surface area contributed by atoms with Crippen LogP contribution in [-0.2, 0) is 9.59 Å². The van der Waals surface area contributed by atoms with Gasteiger partial charge in [0.05, 0.1) is 5.92 Å². The summed E-state index contributed by atoms with van der Waals surface area (Å²) in [6, 6.07) is 3.76. The molecule has 1 aromatic rings. The van der Waals surface area contributed by atoms with Crippen LogP contribution in [0.5, 0.6) is 5.75 Å². The highest BCUT2D eigenvalue weighted by Crippen LogP contribution is 2.26. The molecule has 5 nitrogen and oxygen atoms in total. The van der Waals surface area contributed by atoms with Gasteiger partial charge in [-0.25, -0.2) is 0 Å². The molecule has 23 heavy (non-hydrogen) atoms. The SMILES string of the molecule is Cc1cc(C)c(OCC(=O)N2CCC[C@@H](C(=O)O)[C@H]2C)c(C)c1. The smallest absolute Gasteiger partial charge is 0.308 e. The van der Waals surface area contributed by atoms with Gasteiger partial charge in [-0.1, -0.05) is 17.7 Å². The summed E-state index contributed by atoms with van der Waals surface area (Å²) in [6.45, 7) is 8.29. The molecular weight excluding hydrogens is 294 g/mol. The highest BCUT2D eigenvalue weighted by molar-refractivity contribution is 5.80. The van der Waals surface area contributed by atoms with Crippen molar-refractivity contribution in [1.82, 2.24) is 4.90 Å². The molecule has 2 rings (SSSR count). The van der Waals surface area contributed by atoms with Gasteiger partial charge < -0.3 is 14.7 Å². The van der Waals surface area contributed by atoms with Crippen LogP contribution in [0.2, 0.25) is 0 Å². The zero-order valence-electron chi connectivity index (χ0n) is 14.3. The van der Waals surface area contributed by atoms with Gasteiger partial charge in [0.25, 0.3) is 5.91 Å². The summed E-state index contributed by atoms with van der Waals surface area (Å²) in [6.07, 6.45) is 1.34. The van der Waals surface area contributed by atoms with Crippen LogP contribution in [0, 0.1) is 26.7 Å². The molecule has 1 aliphatic heterocycles. The van der Waals surface area contributed by atoms with E-state index in [9.17, 15) is 14.7 Å². The molecule has 0 aromatic heterocycles. The maximum Gasteiger partial charge on any atom is 0.308 e. The average molecular weight is 319 g/mol. The number of rotatable bonds is 4. The van der Waals surface area contributed by atoms with Crippen molar-refractivity contribution < 1.29 is 19.4 Å². The molecular formula is C18H25NO4. The van der Waals surface area contributed by atoms with Crippen molar-refractivity contribution in [2.75, 3.05) is 13.2 Å². The molecule has 0 radical (unpaired) electrons. The van der Waals surface area contributed by atoms with E-state index >= 15 is 0 Å². The van der Waals surface area contributed by atoms with Crippen molar-refractivity contribution in [1.29, 1.82) is 0 Å². The lowest BCUT2D eigenvalue weighted by atomic mass is 9.90. The number of aliphatic carboxylic acids is 1. The maximum atomic E-state index is 12.4. The van der Waals surface area contributed by atoms with Gasteiger partial charge in [0.15, 0.2) is 6.61 Å². The van der Waals surface area contributed by atoms with Crippen LogP contribution in [0.1, 0.15) is 36.5 Å². The molecule has 1 saturated heterocycles. The predicted molar refractivity (Wildman–Crippen MR) is 87.7 cm³/mol. The first-order valence-corrected chi connectivity index (χ1v) is 8.04. The van der Waals surface area contributed by atoms with Crippen molar-refractivity contribution >= 4 is 11.9 Å². The Morgan fingerprint density at radius 2 is 1.87 bits per heavy atom. The Hall–Kier alpha value is -2.04. The van der Waals surface area contributed by atoms with Gasteiger partial charge in [-0.15, -0.1) is 0 Å². The van der Waals surface area contributed by atoms with Crippen LogP contribution in [0.25, 0.3) is 0 Å². The number of carboxylic acids is 1. The minimum Gasteiger partial charge on any atom is -0.483 e. The van der Waals surface area contributed by atoms with Gasteiger partial charge in [-0.05, 0) is 51.7 Å². The number of ether oxygens (including phenoxy) is 1. The summed E-state index contributed by atoms with van der Waals surface area (Å²) in [7, 11) is 0. The second-order valence-electron chi connectivity index (χ2n) is 6.43. The number of carboxylic acid groups (broad SMARTS) is 1. The number of hydrogen-bond donors (Lipinski definition) is 1. The Balaban J connectivity index is 2.04. The summed E-state index contributed by atoms with van der Waals surface area (Å²) in [4.78, 5) is 25.4. The van der Waals surface area contributed by atoms with Crippen molar-refractivity contribution in [3.63, 3.8) is 0 Å². The van der Waals surface area contributed by atoms with E-state index in [-0.39, 0.29) is 18.6 Å². The molecule has 5 heteroatoms. The highest BCUT2D eigenvalue weighted by Gasteiger charge is 2.35. The molecule has 126 valence electrons. The van der Waals surface area contributed by atoms with E-state index in [1.54, 1.807) is 11.8 Å². The zero-order valence-corrected chi connectivity index (χ0v) is 14.3.